The first-order valence-corrected chi connectivity index (χ1v) is 10.00. The van der Waals surface area contributed by atoms with Gasteiger partial charge in [-0.2, -0.15) is 0 Å². The predicted molar refractivity (Wildman–Crippen MR) is 101 cm³/mol. The first-order chi connectivity index (χ1) is 11.5. The third kappa shape index (κ3) is 3.98. The van der Waals surface area contributed by atoms with Crippen LogP contribution in [0.2, 0.25) is 0 Å². The van der Waals surface area contributed by atoms with Gasteiger partial charge in [-0.3, -0.25) is 9.59 Å². The first kappa shape index (κ1) is 17.0. The summed E-state index contributed by atoms with van der Waals surface area (Å²) in [5.74, 6) is -0.162. The average molecular weight is 377 g/mol. The highest BCUT2D eigenvalue weighted by atomic mass is 32.1. The minimum absolute atomic E-state index is 0.0189. The van der Waals surface area contributed by atoms with Gasteiger partial charge in [0.1, 0.15) is 0 Å². The van der Waals surface area contributed by atoms with Crippen LogP contribution in [0.4, 0.5) is 5.13 Å². The van der Waals surface area contributed by atoms with Gasteiger partial charge in [0.25, 0.3) is 0 Å². The number of Topliss-reactive ketones (excluding diaryl/α,β-unsaturated/α-hetero) is 1. The molecule has 0 saturated heterocycles. The van der Waals surface area contributed by atoms with Crippen molar-refractivity contribution >= 4 is 50.8 Å². The summed E-state index contributed by atoms with van der Waals surface area (Å²) < 4.78 is 0. The quantitative estimate of drug-likeness (QED) is 0.605. The highest BCUT2D eigenvalue weighted by molar-refractivity contribution is 7.16. The Morgan fingerprint density at radius 3 is 2.71 bits per heavy atom. The van der Waals surface area contributed by atoms with Gasteiger partial charge in [0.05, 0.1) is 10.6 Å². The van der Waals surface area contributed by atoms with Crippen LogP contribution in [0.3, 0.4) is 0 Å². The Kier molecular flexibility index (Phi) is 5.23. The summed E-state index contributed by atoms with van der Waals surface area (Å²) in [4.78, 5) is 31.9. The van der Waals surface area contributed by atoms with Crippen LogP contribution >= 0.6 is 34.0 Å². The molecule has 0 spiro atoms. The fourth-order valence-electron chi connectivity index (χ4n) is 2.32. The van der Waals surface area contributed by atoms with Crippen molar-refractivity contribution in [1.82, 2.24) is 4.98 Å². The fraction of sp³-hybridized carbons (Fsp3) is 0.235. The zero-order valence-corrected chi connectivity index (χ0v) is 15.7. The molecular formula is C17H16N2O2S3. The Hall–Kier alpha value is -1.83. The van der Waals surface area contributed by atoms with E-state index in [-0.39, 0.29) is 24.5 Å². The van der Waals surface area contributed by atoms with Crippen LogP contribution in [0.5, 0.6) is 0 Å². The number of carbonyl (C=O) groups excluding carboxylic acids is 2. The van der Waals surface area contributed by atoms with Gasteiger partial charge in [-0.25, -0.2) is 4.98 Å². The van der Waals surface area contributed by atoms with E-state index < -0.39 is 0 Å². The lowest BCUT2D eigenvalue weighted by molar-refractivity contribution is -0.116. The molecule has 7 heteroatoms. The minimum atomic E-state index is -0.181. The standard InChI is InChI=1S/C17H16N2O2S3/c1-10-8-12(11(2)24-10)14(20)5-6-16(21)19-17-18-13(9-23-17)15-4-3-7-22-15/h3-4,7-9H,5-6H2,1-2H3,(H,18,19,21). The normalized spacial score (nSPS) is 10.8. The average Bonchev–Trinajstić information content (AvgIpc) is 3.25. The van der Waals surface area contributed by atoms with Crippen molar-refractivity contribution in [3.63, 3.8) is 0 Å². The van der Waals surface area contributed by atoms with Crippen LogP contribution in [-0.2, 0) is 4.79 Å². The van der Waals surface area contributed by atoms with Gasteiger partial charge < -0.3 is 5.32 Å². The van der Waals surface area contributed by atoms with E-state index in [0.717, 1.165) is 25.9 Å². The molecule has 0 saturated carbocycles. The number of nitrogens with zero attached hydrogens (tertiary/aromatic N) is 1. The van der Waals surface area contributed by atoms with E-state index in [2.05, 4.69) is 10.3 Å². The largest absolute Gasteiger partial charge is 0.302 e. The number of anilines is 1. The van der Waals surface area contributed by atoms with Gasteiger partial charge >= 0.3 is 0 Å². The van der Waals surface area contributed by atoms with E-state index in [1.54, 1.807) is 22.7 Å². The molecule has 0 aliphatic carbocycles. The number of rotatable bonds is 6. The van der Waals surface area contributed by atoms with Crippen molar-refractivity contribution in [2.45, 2.75) is 26.7 Å². The fourth-order valence-corrected chi connectivity index (χ4v) is 4.75. The van der Waals surface area contributed by atoms with Gasteiger partial charge in [0, 0.05) is 33.5 Å². The number of thiazole rings is 1. The maximum absolute atomic E-state index is 12.2. The second kappa shape index (κ2) is 7.38. The maximum atomic E-state index is 12.2. The van der Waals surface area contributed by atoms with E-state index in [1.165, 1.54) is 11.3 Å². The Balaban J connectivity index is 1.54. The van der Waals surface area contributed by atoms with E-state index in [1.807, 2.05) is 42.8 Å². The zero-order chi connectivity index (χ0) is 17.1. The van der Waals surface area contributed by atoms with Gasteiger partial charge in [0.15, 0.2) is 10.9 Å². The van der Waals surface area contributed by atoms with Crippen LogP contribution in [0.15, 0.2) is 29.0 Å². The Morgan fingerprint density at radius 1 is 1.21 bits per heavy atom. The molecule has 24 heavy (non-hydrogen) atoms. The molecule has 0 radical (unpaired) electrons. The lowest BCUT2D eigenvalue weighted by Crippen LogP contribution is -2.13. The van der Waals surface area contributed by atoms with Crippen molar-refractivity contribution in [1.29, 1.82) is 0 Å². The number of thiophene rings is 2. The summed E-state index contributed by atoms with van der Waals surface area (Å²) in [5.41, 5.74) is 1.60. The molecular weight excluding hydrogens is 360 g/mol. The molecule has 4 nitrogen and oxygen atoms in total. The van der Waals surface area contributed by atoms with Crippen molar-refractivity contribution in [3.8, 4) is 10.6 Å². The lowest BCUT2D eigenvalue weighted by Gasteiger charge is -2.01. The van der Waals surface area contributed by atoms with Crippen LogP contribution < -0.4 is 5.32 Å². The van der Waals surface area contributed by atoms with Crippen LogP contribution in [0, 0.1) is 13.8 Å². The third-order valence-corrected chi connectivity index (χ3v) is 6.06. The van der Waals surface area contributed by atoms with Crippen LogP contribution in [0.25, 0.3) is 10.6 Å². The molecule has 124 valence electrons. The molecule has 3 rings (SSSR count). The summed E-state index contributed by atoms with van der Waals surface area (Å²) in [6.45, 7) is 3.92. The predicted octanol–water partition coefficient (Wildman–Crippen LogP) is 5.15. The maximum Gasteiger partial charge on any atom is 0.226 e. The topological polar surface area (TPSA) is 59.1 Å². The van der Waals surface area contributed by atoms with E-state index in [9.17, 15) is 9.59 Å². The Morgan fingerprint density at radius 2 is 2.04 bits per heavy atom. The number of amides is 1. The number of aromatic nitrogens is 1. The molecule has 3 aromatic rings. The monoisotopic (exact) mass is 376 g/mol. The highest BCUT2D eigenvalue weighted by Crippen LogP contribution is 2.28. The number of carbonyl (C=O) groups is 2. The van der Waals surface area contributed by atoms with Crippen LogP contribution in [0.1, 0.15) is 33.0 Å². The molecule has 0 unspecified atom stereocenters. The molecule has 3 heterocycles. The van der Waals surface area contributed by atoms with Crippen LogP contribution in [-0.4, -0.2) is 16.7 Å². The number of ketones is 1. The number of nitrogens with one attached hydrogen (secondary N) is 1. The highest BCUT2D eigenvalue weighted by Gasteiger charge is 2.15. The minimum Gasteiger partial charge on any atom is -0.302 e. The van der Waals surface area contributed by atoms with E-state index >= 15 is 0 Å². The Bertz CT molecular complexity index is 862. The molecule has 1 amide bonds. The molecule has 0 aliphatic rings. The van der Waals surface area contributed by atoms with Crippen molar-refractivity contribution in [2.24, 2.45) is 0 Å². The summed E-state index contributed by atoms with van der Waals surface area (Å²) in [7, 11) is 0. The molecule has 0 atom stereocenters. The first-order valence-electron chi connectivity index (χ1n) is 7.42. The molecule has 0 bridgehead atoms. The second-order valence-electron chi connectivity index (χ2n) is 5.31. The SMILES string of the molecule is Cc1cc(C(=O)CCC(=O)Nc2nc(-c3cccs3)cs2)c(C)s1. The van der Waals surface area contributed by atoms with E-state index in [0.29, 0.717) is 5.13 Å². The molecule has 0 fully saturated rings. The number of hydrogen-bond acceptors (Lipinski definition) is 6. The van der Waals surface area contributed by atoms with Crippen molar-refractivity contribution < 1.29 is 9.59 Å². The molecule has 0 aliphatic heterocycles. The van der Waals surface area contributed by atoms with Gasteiger partial charge in [0.2, 0.25) is 5.91 Å². The molecule has 3 aromatic heterocycles. The summed E-state index contributed by atoms with van der Waals surface area (Å²) >= 11 is 4.61. The summed E-state index contributed by atoms with van der Waals surface area (Å²) in [5, 5.41) is 7.26. The van der Waals surface area contributed by atoms with E-state index in [4.69, 9.17) is 0 Å². The smallest absolute Gasteiger partial charge is 0.226 e. The zero-order valence-electron chi connectivity index (χ0n) is 13.3. The molecule has 1 N–H and O–H groups in total. The third-order valence-electron chi connectivity index (χ3n) is 3.44. The summed E-state index contributed by atoms with van der Waals surface area (Å²) in [6, 6.07) is 5.86. The van der Waals surface area contributed by atoms with Crippen molar-refractivity contribution in [3.05, 3.63) is 44.3 Å². The molecule has 0 aromatic carbocycles. The van der Waals surface area contributed by atoms with Gasteiger partial charge in [-0.05, 0) is 31.4 Å². The van der Waals surface area contributed by atoms with Gasteiger partial charge in [-0.15, -0.1) is 34.0 Å². The summed E-state index contributed by atoms with van der Waals surface area (Å²) in [6.07, 6.45) is 0.382. The number of aryl methyl sites for hydroxylation is 2. The number of hydrogen-bond donors (Lipinski definition) is 1. The Labute approximate surface area is 152 Å². The second-order valence-corrected chi connectivity index (χ2v) is 8.58. The van der Waals surface area contributed by atoms with Gasteiger partial charge in [-0.1, -0.05) is 6.07 Å². The van der Waals surface area contributed by atoms with Crippen molar-refractivity contribution in [2.75, 3.05) is 5.32 Å². The lowest BCUT2D eigenvalue weighted by atomic mass is 10.1.